The van der Waals surface area contributed by atoms with Crippen molar-refractivity contribution in [1.29, 1.82) is 0 Å². The van der Waals surface area contributed by atoms with E-state index in [1.807, 2.05) is 0 Å². The number of carbonyl (C=O) groups excluding carboxylic acids is 2. The summed E-state index contributed by atoms with van der Waals surface area (Å²) in [6.45, 7) is 5.26. The minimum absolute atomic E-state index is 0.288. The molecule has 0 saturated heterocycles. The van der Waals surface area contributed by atoms with Crippen LogP contribution >= 0.6 is 23.2 Å². The van der Waals surface area contributed by atoms with Crippen LogP contribution in [0.15, 0.2) is 12.1 Å². The Morgan fingerprint density at radius 1 is 1.38 bits per heavy atom. The van der Waals surface area contributed by atoms with Crippen LogP contribution in [0.3, 0.4) is 0 Å². The zero-order valence-electron chi connectivity index (χ0n) is 11.9. The van der Waals surface area contributed by atoms with Crippen LogP contribution in [-0.4, -0.2) is 23.6 Å². The van der Waals surface area contributed by atoms with E-state index >= 15 is 0 Å². The molecule has 5 nitrogen and oxygen atoms in total. The third kappa shape index (κ3) is 4.02. The lowest BCUT2D eigenvalue weighted by atomic mass is 9.99. The molecule has 0 saturated carbocycles. The minimum atomic E-state index is -0.731. The molecule has 0 aliphatic carbocycles. The van der Waals surface area contributed by atoms with Gasteiger partial charge in [-0.25, -0.2) is 4.79 Å². The summed E-state index contributed by atoms with van der Waals surface area (Å²) in [4.78, 5) is 23.8. The first-order chi connectivity index (χ1) is 9.65. The van der Waals surface area contributed by atoms with Crippen LogP contribution in [0.5, 0.6) is 0 Å². The first-order valence-electron chi connectivity index (χ1n) is 6.44. The summed E-state index contributed by atoms with van der Waals surface area (Å²) < 4.78 is 5.14. The second kappa shape index (κ2) is 5.73. The molecular formula is C14H16Cl2N2O3. The second-order valence-corrected chi connectivity index (χ2v) is 6.65. The second-order valence-electron chi connectivity index (χ2n) is 5.81. The third-order valence-corrected chi connectivity index (χ3v) is 3.39. The first kappa shape index (κ1) is 15.9. The van der Waals surface area contributed by atoms with Crippen LogP contribution in [0.4, 0.5) is 10.5 Å². The molecule has 1 atom stereocenters. The molecule has 1 aromatic rings. The van der Waals surface area contributed by atoms with Crippen LogP contribution in [0.25, 0.3) is 0 Å². The van der Waals surface area contributed by atoms with Gasteiger partial charge in [-0.3, -0.25) is 4.79 Å². The Morgan fingerprint density at radius 3 is 2.67 bits per heavy atom. The molecule has 0 aromatic heterocycles. The predicted octanol–water partition coefficient (Wildman–Crippen LogP) is 3.38. The van der Waals surface area contributed by atoms with E-state index < -0.39 is 17.7 Å². The number of anilines is 1. The van der Waals surface area contributed by atoms with E-state index in [4.69, 9.17) is 27.9 Å². The molecule has 1 heterocycles. The monoisotopic (exact) mass is 330 g/mol. The topological polar surface area (TPSA) is 67.4 Å². The molecule has 2 amide bonds. The maximum Gasteiger partial charge on any atom is 0.408 e. The van der Waals surface area contributed by atoms with E-state index in [0.717, 1.165) is 5.56 Å². The van der Waals surface area contributed by atoms with Crippen molar-refractivity contribution in [2.75, 3.05) is 5.32 Å². The fraction of sp³-hybridized carbons (Fsp3) is 0.429. The number of benzene rings is 1. The Labute approximate surface area is 132 Å². The molecule has 0 unspecified atom stereocenters. The Kier molecular flexibility index (Phi) is 4.35. The lowest BCUT2D eigenvalue weighted by Gasteiger charge is -2.27. The van der Waals surface area contributed by atoms with E-state index in [0.29, 0.717) is 15.7 Å². The number of amides is 2. The van der Waals surface area contributed by atoms with Gasteiger partial charge in [0.1, 0.15) is 11.6 Å². The van der Waals surface area contributed by atoms with Crippen LogP contribution in [0.1, 0.15) is 26.3 Å². The van der Waals surface area contributed by atoms with Gasteiger partial charge < -0.3 is 15.4 Å². The summed E-state index contributed by atoms with van der Waals surface area (Å²) in [7, 11) is 0. The highest BCUT2D eigenvalue weighted by Crippen LogP contribution is 2.32. The lowest BCUT2D eigenvalue weighted by molar-refractivity contribution is -0.118. The number of halogens is 2. The standard InChI is InChI=1S/C14H16Cl2N2O3/c1-14(2,3)21-13(20)18-11-6-8-9(16)4-7(15)5-10(8)17-12(11)19/h4-5,11H,6H2,1-3H3,(H,17,19)(H,18,20)/t11-/m1/s1. The Balaban J connectivity index is 2.14. The van der Waals surface area contributed by atoms with Crippen molar-refractivity contribution in [1.82, 2.24) is 5.32 Å². The molecule has 0 bridgehead atoms. The van der Waals surface area contributed by atoms with Gasteiger partial charge in [0.05, 0.1) is 0 Å². The number of hydrogen-bond acceptors (Lipinski definition) is 3. The van der Waals surface area contributed by atoms with Gasteiger partial charge in [-0.1, -0.05) is 23.2 Å². The summed E-state index contributed by atoms with van der Waals surface area (Å²) in [6.07, 6.45) is -0.354. The summed E-state index contributed by atoms with van der Waals surface area (Å²) in [6, 6.07) is 2.50. The summed E-state index contributed by atoms with van der Waals surface area (Å²) in [5, 5.41) is 6.12. The smallest absolute Gasteiger partial charge is 0.408 e. The van der Waals surface area contributed by atoms with Crippen LogP contribution in [0, 0.1) is 0 Å². The zero-order chi connectivity index (χ0) is 15.8. The summed E-state index contributed by atoms with van der Waals surface area (Å²) >= 11 is 12.0. The molecular weight excluding hydrogens is 315 g/mol. The number of nitrogens with one attached hydrogen (secondary N) is 2. The fourth-order valence-electron chi connectivity index (χ4n) is 2.01. The molecule has 1 aliphatic heterocycles. The van der Waals surface area contributed by atoms with Crippen LogP contribution in [-0.2, 0) is 16.0 Å². The van der Waals surface area contributed by atoms with E-state index in [2.05, 4.69) is 10.6 Å². The number of ether oxygens (including phenoxy) is 1. The van der Waals surface area contributed by atoms with Crippen molar-refractivity contribution in [2.45, 2.75) is 38.8 Å². The van der Waals surface area contributed by atoms with Gasteiger partial charge in [-0.05, 0) is 38.5 Å². The predicted molar refractivity (Wildman–Crippen MR) is 82.0 cm³/mol. The molecule has 0 spiro atoms. The van der Waals surface area contributed by atoms with Crippen LogP contribution < -0.4 is 10.6 Å². The number of rotatable bonds is 1. The average Bonchev–Trinajstić information content (AvgIpc) is 2.28. The molecule has 2 N–H and O–H groups in total. The van der Waals surface area contributed by atoms with Gasteiger partial charge in [0.15, 0.2) is 0 Å². The maximum atomic E-state index is 12.0. The highest BCUT2D eigenvalue weighted by atomic mass is 35.5. The van der Waals surface area contributed by atoms with Crippen molar-refractivity contribution in [3.05, 3.63) is 27.7 Å². The fourth-order valence-corrected chi connectivity index (χ4v) is 2.58. The number of hydrogen-bond donors (Lipinski definition) is 2. The minimum Gasteiger partial charge on any atom is -0.444 e. The summed E-state index contributed by atoms with van der Waals surface area (Å²) in [5.74, 6) is -0.327. The van der Waals surface area contributed by atoms with Crippen molar-refractivity contribution in [3.8, 4) is 0 Å². The van der Waals surface area contributed by atoms with Gasteiger partial charge in [0, 0.05) is 22.2 Å². The normalized spacial score (nSPS) is 17.8. The molecule has 114 valence electrons. The van der Waals surface area contributed by atoms with E-state index in [-0.39, 0.29) is 12.3 Å². The molecule has 1 aromatic carbocycles. The SMILES string of the molecule is CC(C)(C)OC(=O)N[C@@H]1Cc2c(Cl)cc(Cl)cc2NC1=O. The van der Waals surface area contributed by atoms with Gasteiger partial charge in [-0.15, -0.1) is 0 Å². The quantitative estimate of drug-likeness (QED) is 0.829. The van der Waals surface area contributed by atoms with Crippen molar-refractivity contribution < 1.29 is 14.3 Å². The van der Waals surface area contributed by atoms with Gasteiger partial charge in [0.25, 0.3) is 0 Å². The molecule has 7 heteroatoms. The zero-order valence-corrected chi connectivity index (χ0v) is 13.4. The van der Waals surface area contributed by atoms with Crippen LogP contribution in [0.2, 0.25) is 10.0 Å². The number of fused-ring (bicyclic) bond motifs is 1. The molecule has 2 rings (SSSR count). The van der Waals surface area contributed by atoms with Gasteiger partial charge in [0.2, 0.25) is 5.91 Å². The highest BCUT2D eigenvalue weighted by molar-refractivity contribution is 6.36. The van der Waals surface area contributed by atoms with E-state index in [1.54, 1.807) is 32.9 Å². The summed E-state index contributed by atoms with van der Waals surface area (Å²) in [5.41, 5.74) is 0.680. The number of carbonyl (C=O) groups is 2. The Hall–Kier alpha value is -1.46. The lowest BCUT2D eigenvalue weighted by Crippen LogP contribution is -2.49. The highest BCUT2D eigenvalue weighted by Gasteiger charge is 2.30. The molecule has 0 fully saturated rings. The number of alkyl carbamates (subject to hydrolysis) is 1. The molecule has 1 aliphatic rings. The molecule has 0 radical (unpaired) electrons. The van der Waals surface area contributed by atoms with Gasteiger partial charge >= 0.3 is 6.09 Å². The van der Waals surface area contributed by atoms with E-state index in [9.17, 15) is 9.59 Å². The average molecular weight is 331 g/mol. The van der Waals surface area contributed by atoms with Crippen molar-refractivity contribution in [3.63, 3.8) is 0 Å². The van der Waals surface area contributed by atoms with Crippen molar-refractivity contribution >= 4 is 40.9 Å². The van der Waals surface area contributed by atoms with Gasteiger partial charge in [-0.2, -0.15) is 0 Å². The third-order valence-electron chi connectivity index (χ3n) is 2.83. The Bertz CT molecular complexity index is 597. The Morgan fingerprint density at radius 2 is 2.05 bits per heavy atom. The largest absolute Gasteiger partial charge is 0.444 e. The van der Waals surface area contributed by atoms with E-state index in [1.165, 1.54) is 0 Å². The maximum absolute atomic E-state index is 12.0. The van der Waals surface area contributed by atoms with Crippen molar-refractivity contribution in [2.24, 2.45) is 0 Å². The molecule has 21 heavy (non-hydrogen) atoms. The first-order valence-corrected chi connectivity index (χ1v) is 7.19.